The fourth-order valence-electron chi connectivity index (χ4n) is 1.08. The predicted octanol–water partition coefficient (Wildman–Crippen LogP) is 2.47. The summed E-state index contributed by atoms with van der Waals surface area (Å²) in [5.41, 5.74) is 0.676. The monoisotopic (exact) mass is 223 g/mol. The number of carboxylic acids is 1. The van der Waals surface area contributed by atoms with E-state index in [1.54, 1.807) is 19.1 Å². The van der Waals surface area contributed by atoms with Crippen molar-refractivity contribution in [3.05, 3.63) is 28.8 Å². The number of benzene rings is 1. The first kappa shape index (κ1) is 11.4. The third-order valence-electron chi connectivity index (χ3n) is 1.76. The molecule has 0 atom stereocenters. The van der Waals surface area contributed by atoms with Crippen molar-refractivity contribution in [2.75, 3.05) is 11.9 Å². The van der Waals surface area contributed by atoms with Gasteiger partial charge in [-0.1, -0.05) is 17.5 Å². The summed E-state index contributed by atoms with van der Waals surface area (Å²) in [5, 5.41) is 12.2. The Bertz CT molecular complexity index is 432. The SMILES string of the molecule is CC#CCNc1ccc(Cl)cc1C(=O)O. The molecule has 0 heterocycles. The molecule has 3 nitrogen and oxygen atoms in total. The second-order valence-electron chi connectivity index (χ2n) is 2.78. The zero-order valence-corrected chi connectivity index (χ0v) is 8.93. The van der Waals surface area contributed by atoms with Gasteiger partial charge in [0.15, 0.2) is 0 Å². The van der Waals surface area contributed by atoms with E-state index in [2.05, 4.69) is 17.2 Å². The average molecular weight is 224 g/mol. The Morgan fingerprint density at radius 3 is 2.93 bits per heavy atom. The minimum absolute atomic E-state index is 0.153. The van der Waals surface area contributed by atoms with E-state index in [1.165, 1.54) is 6.07 Å². The van der Waals surface area contributed by atoms with Crippen molar-refractivity contribution in [1.29, 1.82) is 0 Å². The molecule has 0 fully saturated rings. The molecule has 2 N–H and O–H groups in total. The molecule has 0 bridgehead atoms. The van der Waals surface area contributed by atoms with Crippen LogP contribution in [0.5, 0.6) is 0 Å². The molecule has 15 heavy (non-hydrogen) atoms. The van der Waals surface area contributed by atoms with E-state index in [0.29, 0.717) is 17.3 Å². The first-order valence-corrected chi connectivity index (χ1v) is 4.69. The van der Waals surface area contributed by atoms with Gasteiger partial charge in [0.2, 0.25) is 0 Å². The van der Waals surface area contributed by atoms with Crippen LogP contribution in [-0.2, 0) is 0 Å². The summed E-state index contributed by atoms with van der Waals surface area (Å²) < 4.78 is 0. The Morgan fingerprint density at radius 1 is 1.60 bits per heavy atom. The maximum atomic E-state index is 10.9. The van der Waals surface area contributed by atoms with Crippen molar-refractivity contribution < 1.29 is 9.90 Å². The maximum Gasteiger partial charge on any atom is 0.337 e. The van der Waals surface area contributed by atoms with Gasteiger partial charge in [-0.25, -0.2) is 4.79 Å². The molecule has 0 saturated carbocycles. The third kappa shape index (κ3) is 3.19. The molecular formula is C11H10ClNO2. The van der Waals surface area contributed by atoms with Crippen molar-refractivity contribution in [1.82, 2.24) is 0 Å². The van der Waals surface area contributed by atoms with Crippen LogP contribution in [-0.4, -0.2) is 17.6 Å². The molecule has 0 spiro atoms. The highest BCUT2D eigenvalue weighted by Gasteiger charge is 2.09. The molecule has 0 saturated heterocycles. The normalized spacial score (nSPS) is 8.93. The first-order chi connectivity index (χ1) is 7.15. The smallest absolute Gasteiger partial charge is 0.337 e. The van der Waals surface area contributed by atoms with Crippen LogP contribution in [0.2, 0.25) is 5.02 Å². The summed E-state index contributed by atoms with van der Waals surface area (Å²) in [4.78, 5) is 10.9. The van der Waals surface area contributed by atoms with Gasteiger partial charge in [-0.2, -0.15) is 0 Å². The molecule has 0 aliphatic heterocycles. The summed E-state index contributed by atoms with van der Waals surface area (Å²) >= 11 is 5.70. The highest BCUT2D eigenvalue weighted by Crippen LogP contribution is 2.20. The number of nitrogens with one attached hydrogen (secondary N) is 1. The molecular weight excluding hydrogens is 214 g/mol. The number of halogens is 1. The number of hydrogen-bond donors (Lipinski definition) is 2. The van der Waals surface area contributed by atoms with Crippen molar-refractivity contribution >= 4 is 23.3 Å². The second kappa shape index (κ2) is 5.28. The molecule has 0 aliphatic carbocycles. The van der Waals surface area contributed by atoms with Crippen LogP contribution >= 0.6 is 11.6 Å². The van der Waals surface area contributed by atoms with Gasteiger partial charge in [0.1, 0.15) is 0 Å². The maximum absolute atomic E-state index is 10.9. The number of aromatic carboxylic acids is 1. The highest BCUT2D eigenvalue weighted by atomic mass is 35.5. The lowest BCUT2D eigenvalue weighted by molar-refractivity contribution is 0.0698. The minimum Gasteiger partial charge on any atom is -0.478 e. The fourth-order valence-corrected chi connectivity index (χ4v) is 1.25. The summed E-state index contributed by atoms with van der Waals surface area (Å²) in [6, 6.07) is 4.67. The van der Waals surface area contributed by atoms with Gasteiger partial charge < -0.3 is 10.4 Å². The Labute approximate surface area is 93.1 Å². The van der Waals surface area contributed by atoms with E-state index in [0.717, 1.165) is 0 Å². The Hall–Kier alpha value is -1.66. The molecule has 0 radical (unpaired) electrons. The van der Waals surface area contributed by atoms with Crippen molar-refractivity contribution in [3.8, 4) is 11.8 Å². The Morgan fingerprint density at radius 2 is 2.33 bits per heavy atom. The van der Waals surface area contributed by atoms with E-state index >= 15 is 0 Å². The minimum atomic E-state index is -1.01. The summed E-state index contributed by atoms with van der Waals surface area (Å²) in [6.45, 7) is 2.14. The number of rotatable bonds is 3. The van der Waals surface area contributed by atoms with Gasteiger partial charge in [-0.05, 0) is 25.1 Å². The fraction of sp³-hybridized carbons (Fsp3) is 0.182. The quantitative estimate of drug-likeness (QED) is 0.774. The van der Waals surface area contributed by atoms with Gasteiger partial charge in [0, 0.05) is 10.7 Å². The Balaban J connectivity index is 2.94. The van der Waals surface area contributed by atoms with E-state index in [-0.39, 0.29) is 5.56 Å². The molecule has 1 aromatic rings. The van der Waals surface area contributed by atoms with Gasteiger partial charge in [0.05, 0.1) is 12.1 Å². The molecule has 1 rings (SSSR count). The van der Waals surface area contributed by atoms with Crippen LogP contribution in [0.1, 0.15) is 17.3 Å². The predicted molar refractivity (Wildman–Crippen MR) is 60.4 cm³/mol. The van der Waals surface area contributed by atoms with E-state index in [1.807, 2.05) is 0 Å². The first-order valence-electron chi connectivity index (χ1n) is 4.31. The van der Waals surface area contributed by atoms with Gasteiger partial charge in [-0.15, -0.1) is 5.92 Å². The Kier molecular flexibility index (Phi) is 4.02. The van der Waals surface area contributed by atoms with Crippen LogP contribution < -0.4 is 5.32 Å². The van der Waals surface area contributed by atoms with Crippen molar-refractivity contribution in [2.45, 2.75) is 6.92 Å². The number of anilines is 1. The molecule has 78 valence electrons. The van der Waals surface area contributed by atoms with Crippen LogP contribution in [0.3, 0.4) is 0 Å². The summed E-state index contributed by atoms with van der Waals surface area (Å²) in [6.07, 6.45) is 0. The largest absolute Gasteiger partial charge is 0.478 e. The van der Waals surface area contributed by atoms with E-state index in [9.17, 15) is 4.79 Å². The lowest BCUT2D eigenvalue weighted by Crippen LogP contribution is -2.06. The molecule has 0 amide bonds. The number of hydrogen-bond acceptors (Lipinski definition) is 2. The average Bonchev–Trinajstić information content (AvgIpc) is 2.20. The second-order valence-corrected chi connectivity index (χ2v) is 3.21. The zero-order valence-electron chi connectivity index (χ0n) is 8.17. The lowest BCUT2D eigenvalue weighted by Gasteiger charge is -2.06. The molecule has 0 aromatic heterocycles. The highest BCUT2D eigenvalue weighted by molar-refractivity contribution is 6.31. The van der Waals surface area contributed by atoms with Crippen LogP contribution in [0.15, 0.2) is 18.2 Å². The van der Waals surface area contributed by atoms with E-state index in [4.69, 9.17) is 16.7 Å². The van der Waals surface area contributed by atoms with Gasteiger partial charge in [0.25, 0.3) is 0 Å². The van der Waals surface area contributed by atoms with Crippen molar-refractivity contribution in [2.24, 2.45) is 0 Å². The molecule has 1 aromatic carbocycles. The number of carboxylic acid groups (broad SMARTS) is 1. The summed E-state index contributed by atoms with van der Waals surface area (Å²) in [5.74, 6) is 4.49. The molecule has 4 heteroatoms. The lowest BCUT2D eigenvalue weighted by atomic mass is 10.2. The summed E-state index contributed by atoms with van der Waals surface area (Å²) in [7, 11) is 0. The topological polar surface area (TPSA) is 49.3 Å². The van der Waals surface area contributed by atoms with Crippen LogP contribution in [0.25, 0.3) is 0 Å². The van der Waals surface area contributed by atoms with E-state index < -0.39 is 5.97 Å². The van der Waals surface area contributed by atoms with Crippen LogP contribution in [0, 0.1) is 11.8 Å². The van der Waals surface area contributed by atoms with Gasteiger partial charge in [-0.3, -0.25) is 0 Å². The van der Waals surface area contributed by atoms with Crippen molar-refractivity contribution in [3.63, 3.8) is 0 Å². The molecule has 0 aliphatic rings. The zero-order chi connectivity index (χ0) is 11.3. The van der Waals surface area contributed by atoms with Crippen LogP contribution in [0.4, 0.5) is 5.69 Å². The van der Waals surface area contributed by atoms with Gasteiger partial charge >= 0.3 is 5.97 Å². The molecule has 0 unspecified atom stereocenters. The standard InChI is InChI=1S/C11H10ClNO2/c1-2-3-6-13-10-5-4-8(12)7-9(10)11(14)15/h4-5,7,13H,6H2,1H3,(H,14,15). The number of carbonyl (C=O) groups is 1. The third-order valence-corrected chi connectivity index (χ3v) is 1.99.